The SMILES string of the molecule is CN(C)[C@H](CN)Cc1ccc2c(c1)oc(=O)n2COCC[Si](C)(C)C. The largest absolute Gasteiger partial charge is 0.421 e. The number of aromatic nitrogens is 1. The molecule has 1 heterocycles. The number of benzene rings is 1. The molecule has 2 N–H and O–H groups in total. The van der Waals surface area contributed by atoms with Gasteiger partial charge < -0.3 is 19.8 Å². The van der Waals surface area contributed by atoms with Crippen LogP contribution in [0.3, 0.4) is 0 Å². The van der Waals surface area contributed by atoms with Crippen LogP contribution in [0.4, 0.5) is 0 Å². The lowest BCUT2D eigenvalue weighted by Gasteiger charge is -2.22. The highest BCUT2D eigenvalue weighted by Gasteiger charge is 2.15. The van der Waals surface area contributed by atoms with E-state index in [1.807, 2.05) is 32.3 Å². The lowest BCUT2D eigenvalue weighted by atomic mass is 10.0. The first-order chi connectivity index (χ1) is 11.7. The van der Waals surface area contributed by atoms with E-state index in [9.17, 15) is 4.79 Å². The summed E-state index contributed by atoms with van der Waals surface area (Å²) >= 11 is 0. The fourth-order valence-corrected chi connectivity index (χ4v) is 3.40. The summed E-state index contributed by atoms with van der Waals surface area (Å²) in [5.41, 5.74) is 8.31. The third kappa shape index (κ3) is 5.54. The Morgan fingerprint density at radius 1 is 1.32 bits per heavy atom. The third-order valence-corrected chi connectivity index (χ3v) is 6.13. The number of fused-ring (bicyclic) bond motifs is 1. The van der Waals surface area contributed by atoms with Crippen molar-refractivity contribution in [2.45, 2.75) is 44.9 Å². The molecule has 2 aromatic rings. The van der Waals surface area contributed by atoms with Crippen LogP contribution in [0, 0.1) is 0 Å². The van der Waals surface area contributed by atoms with Gasteiger partial charge in [0.05, 0.1) is 5.52 Å². The molecule has 0 unspecified atom stereocenters. The van der Waals surface area contributed by atoms with Gasteiger partial charge in [-0.25, -0.2) is 9.36 Å². The minimum Gasteiger partial charge on any atom is -0.408 e. The van der Waals surface area contributed by atoms with Crippen LogP contribution in [-0.2, 0) is 17.9 Å². The summed E-state index contributed by atoms with van der Waals surface area (Å²) < 4.78 is 12.7. The second kappa shape index (κ2) is 8.31. The van der Waals surface area contributed by atoms with Gasteiger partial charge in [-0.05, 0) is 44.3 Å². The first-order valence-electron chi connectivity index (χ1n) is 8.78. The Kier molecular flexibility index (Phi) is 6.62. The van der Waals surface area contributed by atoms with Gasteiger partial charge in [0.25, 0.3) is 0 Å². The molecule has 0 aliphatic carbocycles. The minimum atomic E-state index is -1.13. The predicted octanol–water partition coefficient (Wildman–Crippen LogP) is 2.34. The predicted molar refractivity (Wildman–Crippen MR) is 105 cm³/mol. The van der Waals surface area contributed by atoms with Gasteiger partial charge >= 0.3 is 5.76 Å². The van der Waals surface area contributed by atoms with E-state index in [-0.39, 0.29) is 18.5 Å². The van der Waals surface area contributed by atoms with E-state index in [0.29, 0.717) is 18.7 Å². The summed E-state index contributed by atoms with van der Waals surface area (Å²) in [7, 11) is 2.90. The molecule has 2 rings (SSSR count). The van der Waals surface area contributed by atoms with Crippen LogP contribution < -0.4 is 11.5 Å². The summed E-state index contributed by atoms with van der Waals surface area (Å²) in [4.78, 5) is 14.2. The molecular weight excluding hydrogens is 334 g/mol. The standard InChI is InChI=1S/C18H31N3O3Si/c1-20(2)15(12-19)10-14-6-7-16-17(11-14)24-18(22)21(16)13-23-8-9-25(3,4)5/h6-7,11,15H,8-10,12-13,19H2,1-5H3/t15-/m0/s1. The van der Waals surface area contributed by atoms with E-state index in [0.717, 1.165) is 23.5 Å². The fourth-order valence-electron chi connectivity index (χ4n) is 2.64. The van der Waals surface area contributed by atoms with Crippen LogP contribution in [0.15, 0.2) is 27.4 Å². The van der Waals surface area contributed by atoms with E-state index in [1.54, 1.807) is 4.57 Å². The highest BCUT2D eigenvalue weighted by Crippen LogP contribution is 2.17. The third-order valence-electron chi connectivity index (χ3n) is 4.42. The number of rotatable bonds is 9. The summed E-state index contributed by atoms with van der Waals surface area (Å²) in [5, 5.41) is 0. The van der Waals surface area contributed by atoms with E-state index in [1.165, 1.54) is 0 Å². The average Bonchev–Trinajstić information content (AvgIpc) is 2.82. The molecule has 0 aliphatic heterocycles. The molecule has 0 radical (unpaired) electrons. The number of hydrogen-bond acceptors (Lipinski definition) is 5. The quantitative estimate of drug-likeness (QED) is 0.545. The number of nitrogens with two attached hydrogens (primary N) is 1. The molecule has 0 spiro atoms. The Labute approximate surface area is 150 Å². The normalized spacial score (nSPS) is 13.7. The van der Waals surface area contributed by atoms with Gasteiger partial charge in [-0.1, -0.05) is 25.7 Å². The number of ether oxygens (including phenoxy) is 1. The average molecular weight is 366 g/mol. The van der Waals surface area contributed by atoms with Crippen LogP contribution in [0.1, 0.15) is 5.56 Å². The van der Waals surface area contributed by atoms with Crippen LogP contribution in [0.25, 0.3) is 11.1 Å². The first-order valence-corrected chi connectivity index (χ1v) is 12.5. The van der Waals surface area contributed by atoms with Crippen molar-refractivity contribution in [2.24, 2.45) is 5.73 Å². The van der Waals surface area contributed by atoms with Gasteiger partial charge in [-0.3, -0.25) is 0 Å². The molecular formula is C18H31N3O3Si. The molecule has 6 nitrogen and oxygen atoms in total. The molecule has 1 aromatic heterocycles. The molecule has 25 heavy (non-hydrogen) atoms. The van der Waals surface area contributed by atoms with Crippen molar-refractivity contribution in [1.29, 1.82) is 0 Å². The number of oxazole rings is 1. The van der Waals surface area contributed by atoms with Gasteiger partial charge in [0, 0.05) is 27.3 Å². The highest BCUT2D eigenvalue weighted by molar-refractivity contribution is 6.76. The first kappa shape index (κ1) is 19.9. The van der Waals surface area contributed by atoms with Gasteiger partial charge in [-0.15, -0.1) is 0 Å². The Morgan fingerprint density at radius 2 is 2.04 bits per heavy atom. The molecule has 0 aliphatic rings. The zero-order chi connectivity index (χ0) is 18.6. The van der Waals surface area contributed by atoms with E-state index < -0.39 is 8.07 Å². The van der Waals surface area contributed by atoms with Gasteiger partial charge in [0.2, 0.25) is 0 Å². The Morgan fingerprint density at radius 3 is 2.64 bits per heavy atom. The molecule has 0 fully saturated rings. The molecule has 0 bridgehead atoms. The minimum absolute atomic E-state index is 0.235. The van der Waals surface area contributed by atoms with E-state index in [4.69, 9.17) is 14.9 Å². The van der Waals surface area contributed by atoms with Crippen molar-refractivity contribution in [2.75, 3.05) is 27.2 Å². The molecule has 0 saturated carbocycles. The van der Waals surface area contributed by atoms with Gasteiger partial charge in [0.1, 0.15) is 6.73 Å². The van der Waals surface area contributed by atoms with Crippen LogP contribution >= 0.6 is 0 Å². The monoisotopic (exact) mass is 365 g/mol. The van der Waals surface area contributed by atoms with Crippen molar-refractivity contribution in [3.8, 4) is 0 Å². The van der Waals surface area contributed by atoms with Gasteiger partial charge in [0.15, 0.2) is 5.58 Å². The van der Waals surface area contributed by atoms with Crippen molar-refractivity contribution < 1.29 is 9.15 Å². The van der Waals surface area contributed by atoms with Crippen molar-refractivity contribution in [3.05, 3.63) is 34.3 Å². The van der Waals surface area contributed by atoms with Gasteiger partial charge in [-0.2, -0.15) is 0 Å². The lowest BCUT2D eigenvalue weighted by molar-refractivity contribution is 0.0850. The van der Waals surface area contributed by atoms with Crippen LogP contribution in [-0.4, -0.2) is 50.8 Å². The molecule has 1 atom stereocenters. The summed E-state index contributed by atoms with van der Waals surface area (Å²) in [6.07, 6.45) is 0.820. The molecule has 1 aromatic carbocycles. The second-order valence-electron chi connectivity index (χ2n) is 8.00. The van der Waals surface area contributed by atoms with E-state index >= 15 is 0 Å². The molecule has 7 heteroatoms. The maximum atomic E-state index is 12.1. The smallest absolute Gasteiger partial charge is 0.408 e. The number of hydrogen-bond donors (Lipinski definition) is 1. The summed E-state index contributed by atoms with van der Waals surface area (Å²) in [6.45, 7) is 8.41. The topological polar surface area (TPSA) is 73.6 Å². The molecule has 0 amide bonds. The number of nitrogens with zero attached hydrogens (tertiary/aromatic N) is 2. The molecule has 0 saturated heterocycles. The zero-order valence-electron chi connectivity index (χ0n) is 16.0. The van der Waals surface area contributed by atoms with Crippen molar-refractivity contribution >= 4 is 19.2 Å². The maximum Gasteiger partial charge on any atom is 0.421 e. The highest BCUT2D eigenvalue weighted by atomic mass is 28.3. The lowest BCUT2D eigenvalue weighted by Crippen LogP contribution is -2.36. The Balaban J connectivity index is 2.11. The van der Waals surface area contributed by atoms with Crippen LogP contribution in [0.2, 0.25) is 25.7 Å². The molecule has 140 valence electrons. The Hall–Kier alpha value is -1.41. The summed E-state index contributed by atoms with van der Waals surface area (Å²) in [5.74, 6) is -0.372. The van der Waals surface area contributed by atoms with E-state index in [2.05, 4.69) is 24.5 Å². The summed E-state index contributed by atoms with van der Waals surface area (Å²) in [6, 6.07) is 7.23. The maximum absolute atomic E-state index is 12.1. The second-order valence-corrected chi connectivity index (χ2v) is 13.6. The Bertz CT molecular complexity index is 746. The zero-order valence-corrected chi connectivity index (χ0v) is 17.0. The van der Waals surface area contributed by atoms with Crippen molar-refractivity contribution in [3.63, 3.8) is 0 Å². The van der Waals surface area contributed by atoms with Crippen molar-refractivity contribution in [1.82, 2.24) is 9.47 Å². The van der Waals surface area contributed by atoms with Crippen LogP contribution in [0.5, 0.6) is 0 Å². The fraction of sp³-hybridized carbons (Fsp3) is 0.611. The number of likely N-dealkylation sites (N-methyl/N-ethyl adjacent to an activating group) is 1.